The Labute approximate surface area is 126 Å². The van der Waals surface area contributed by atoms with E-state index >= 15 is 0 Å². The van der Waals surface area contributed by atoms with Gasteiger partial charge in [-0.1, -0.05) is 19.1 Å². The van der Waals surface area contributed by atoms with E-state index in [9.17, 15) is 4.79 Å². The molecule has 0 fully saturated rings. The van der Waals surface area contributed by atoms with Crippen molar-refractivity contribution in [1.82, 2.24) is 10.2 Å². The van der Waals surface area contributed by atoms with Crippen molar-refractivity contribution >= 4 is 5.91 Å². The Kier molecular flexibility index (Phi) is 5.87. The lowest BCUT2D eigenvalue weighted by atomic mass is 10.2. The second kappa shape index (κ2) is 7.88. The summed E-state index contributed by atoms with van der Waals surface area (Å²) in [4.78, 5) is 14.0. The number of para-hydroxylation sites is 2. The molecular formula is C16H24N2O3. The fraction of sp³-hybridized carbons (Fsp3) is 0.562. The molecule has 0 aromatic heterocycles. The summed E-state index contributed by atoms with van der Waals surface area (Å²) in [6.07, 6.45) is 0.411. The number of hydrogen-bond donors (Lipinski definition) is 1. The molecule has 1 aliphatic heterocycles. The lowest BCUT2D eigenvalue weighted by Crippen LogP contribution is -2.44. The van der Waals surface area contributed by atoms with Crippen LogP contribution in [0.5, 0.6) is 11.5 Å². The van der Waals surface area contributed by atoms with Gasteiger partial charge >= 0.3 is 0 Å². The summed E-state index contributed by atoms with van der Waals surface area (Å²) in [7, 11) is 0. The average molecular weight is 292 g/mol. The molecule has 0 saturated heterocycles. The number of rotatable bonds is 7. The second-order valence-electron chi connectivity index (χ2n) is 5.03. The Balaban J connectivity index is 1.86. The Morgan fingerprint density at radius 2 is 2.10 bits per heavy atom. The molecule has 5 nitrogen and oxygen atoms in total. The van der Waals surface area contributed by atoms with Crippen molar-refractivity contribution in [1.29, 1.82) is 0 Å². The lowest BCUT2D eigenvalue weighted by molar-refractivity contribution is -0.132. The van der Waals surface area contributed by atoms with Crippen LogP contribution in [0, 0.1) is 0 Å². The number of likely N-dealkylation sites (N-methyl/N-ethyl adjacent to an activating group) is 1. The van der Waals surface area contributed by atoms with Crippen LogP contribution in [-0.4, -0.2) is 49.7 Å². The van der Waals surface area contributed by atoms with Gasteiger partial charge in [0.1, 0.15) is 6.61 Å². The highest BCUT2D eigenvalue weighted by Gasteiger charge is 2.24. The fourth-order valence-electron chi connectivity index (χ4n) is 2.34. The third-order valence-electron chi connectivity index (χ3n) is 3.49. The molecule has 1 N–H and O–H groups in total. The summed E-state index contributed by atoms with van der Waals surface area (Å²) in [5, 5.41) is 3.17. The van der Waals surface area contributed by atoms with Gasteiger partial charge in [-0.25, -0.2) is 0 Å². The zero-order chi connectivity index (χ0) is 15.1. The minimum absolute atomic E-state index is 0.108. The zero-order valence-corrected chi connectivity index (χ0v) is 12.8. The smallest absolute Gasteiger partial charge is 0.223 e. The third kappa shape index (κ3) is 4.36. The highest BCUT2D eigenvalue weighted by Crippen LogP contribution is 2.30. The minimum atomic E-state index is -0.108. The van der Waals surface area contributed by atoms with Gasteiger partial charge in [0.25, 0.3) is 0 Å². The van der Waals surface area contributed by atoms with Crippen LogP contribution in [0.4, 0.5) is 0 Å². The molecule has 1 unspecified atom stereocenters. The molecule has 116 valence electrons. The van der Waals surface area contributed by atoms with Crippen molar-refractivity contribution in [2.75, 3.05) is 32.8 Å². The molecule has 1 aliphatic rings. The summed E-state index contributed by atoms with van der Waals surface area (Å²) >= 11 is 0. The van der Waals surface area contributed by atoms with Crippen molar-refractivity contribution < 1.29 is 14.3 Å². The number of ether oxygens (including phenoxy) is 2. The van der Waals surface area contributed by atoms with E-state index in [0.29, 0.717) is 26.1 Å². The van der Waals surface area contributed by atoms with Gasteiger partial charge in [0.15, 0.2) is 17.6 Å². The van der Waals surface area contributed by atoms with Gasteiger partial charge in [-0.05, 0) is 25.6 Å². The maximum absolute atomic E-state index is 12.2. The molecule has 1 heterocycles. The number of carbonyl (C=O) groups is 1. The van der Waals surface area contributed by atoms with Gasteiger partial charge in [0, 0.05) is 19.5 Å². The molecule has 0 radical (unpaired) electrons. The number of nitrogens with one attached hydrogen (secondary N) is 1. The first-order valence-corrected chi connectivity index (χ1v) is 7.61. The van der Waals surface area contributed by atoms with E-state index in [0.717, 1.165) is 24.6 Å². The number of amides is 1. The molecule has 0 aliphatic carbocycles. The lowest BCUT2D eigenvalue weighted by Gasteiger charge is -2.31. The number of carbonyl (C=O) groups excluding carboxylic acids is 1. The topological polar surface area (TPSA) is 50.8 Å². The van der Waals surface area contributed by atoms with Crippen molar-refractivity contribution in [2.24, 2.45) is 0 Å². The van der Waals surface area contributed by atoms with E-state index in [1.54, 1.807) is 0 Å². The second-order valence-corrected chi connectivity index (χ2v) is 5.03. The maximum atomic E-state index is 12.2. The Morgan fingerprint density at radius 1 is 1.33 bits per heavy atom. The van der Waals surface area contributed by atoms with Gasteiger partial charge in [-0.2, -0.15) is 0 Å². The van der Waals surface area contributed by atoms with Crippen LogP contribution in [0.3, 0.4) is 0 Å². The van der Waals surface area contributed by atoms with E-state index in [1.165, 1.54) is 0 Å². The van der Waals surface area contributed by atoms with Crippen molar-refractivity contribution in [3.63, 3.8) is 0 Å². The molecule has 5 heteroatoms. The molecule has 1 aromatic rings. The normalized spacial score (nSPS) is 16.6. The van der Waals surface area contributed by atoms with Crippen molar-refractivity contribution in [2.45, 2.75) is 26.4 Å². The summed E-state index contributed by atoms with van der Waals surface area (Å²) in [6, 6.07) is 7.63. The summed E-state index contributed by atoms with van der Waals surface area (Å²) in [6.45, 7) is 7.36. The third-order valence-corrected chi connectivity index (χ3v) is 3.49. The standard InChI is InChI=1S/C16H24N2O3/c1-3-17-10-9-16(19)18(4-2)11-13-12-20-14-7-5-6-8-15(14)21-13/h5-8,13,17H,3-4,9-12H2,1-2H3. The number of hydrogen-bond acceptors (Lipinski definition) is 4. The highest BCUT2D eigenvalue weighted by molar-refractivity contribution is 5.76. The molecule has 1 atom stereocenters. The van der Waals surface area contributed by atoms with Crippen LogP contribution in [-0.2, 0) is 4.79 Å². The van der Waals surface area contributed by atoms with E-state index in [1.807, 2.05) is 43.0 Å². The van der Waals surface area contributed by atoms with Gasteiger partial charge in [-0.15, -0.1) is 0 Å². The van der Waals surface area contributed by atoms with E-state index in [-0.39, 0.29) is 12.0 Å². The van der Waals surface area contributed by atoms with Gasteiger partial charge in [0.2, 0.25) is 5.91 Å². The molecule has 0 saturated carbocycles. The largest absolute Gasteiger partial charge is 0.486 e. The highest BCUT2D eigenvalue weighted by atomic mass is 16.6. The van der Waals surface area contributed by atoms with E-state index in [2.05, 4.69) is 5.32 Å². The molecule has 0 spiro atoms. The van der Waals surface area contributed by atoms with Crippen molar-refractivity contribution in [3.8, 4) is 11.5 Å². The summed E-state index contributed by atoms with van der Waals surface area (Å²) in [5.41, 5.74) is 0. The van der Waals surface area contributed by atoms with Crippen LogP contribution in [0.25, 0.3) is 0 Å². The molecule has 1 aromatic carbocycles. The zero-order valence-electron chi connectivity index (χ0n) is 12.8. The van der Waals surface area contributed by atoms with Gasteiger partial charge in [0.05, 0.1) is 6.54 Å². The Bertz CT molecular complexity index is 465. The van der Waals surface area contributed by atoms with Crippen molar-refractivity contribution in [3.05, 3.63) is 24.3 Å². The first kappa shape index (κ1) is 15.6. The predicted octanol–water partition coefficient (Wildman–Crippen LogP) is 1.67. The Morgan fingerprint density at radius 3 is 2.81 bits per heavy atom. The van der Waals surface area contributed by atoms with Gasteiger partial charge < -0.3 is 19.7 Å². The Hall–Kier alpha value is -1.75. The maximum Gasteiger partial charge on any atom is 0.223 e. The first-order chi connectivity index (χ1) is 10.2. The monoisotopic (exact) mass is 292 g/mol. The molecular weight excluding hydrogens is 268 g/mol. The fourth-order valence-corrected chi connectivity index (χ4v) is 2.34. The molecule has 2 rings (SSSR count). The van der Waals surface area contributed by atoms with Crippen LogP contribution in [0.1, 0.15) is 20.3 Å². The first-order valence-electron chi connectivity index (χ1n) is 7.61. The van der Waals surface area contributed by atoms with Crippen LogP contribution in [0.2, 0.25) is 0 Å². The predicted molar refractivity (Wildman–Crippen MR) is 81.8 cm³/mol. The molecule has 21 heavy (non-hydrogen) atoms. The average Bonchev–Trinajstić information content (AvgIpc) is 2.52. The molecule has 0 bridgehead atoms. The number of nitrogens with zero attached hydrogens (tertiary/aromatic N) is 1. The van der Waals surface area contributed by atoms with E-state index in [4.69, 9.17) is 9.47 Å². The summed E-state index contributed by atoms with van der Waals surface area (Å²) < 4.78 is 11.6. The van der Waals surface area contributed by atoms with E-state index < -0.39 is 0 Å². The number of benzene rings is 1. The van der Waals surface area contributed by atoms with Crippen LogP contribution in [0.15, 0.2) is 24.3 Å². The quantitative estimate of drug-likeness (QED) is 0.777. The van der Waals surface area contributed by atoms with Crippen LogP contribution < -0.4 is 14.8 Å². The van der Waals surface area contributed by atoms with Crippen LogP contribution >= 0.6 is 0 Å². The minimum Gasteiger partial charge on any atom is -0.486 e. The van der Waals surface area contributed by atoms with Gasteiger partial charge in [-0.3, -0.25) is 4.79 Å². The number of fused-ring (bicyclic) bond motifs is 1. The molecule has 1 amide bonds. The summed E-state index contributed by atoms with van der Waals surface area (Å²) in [5.74, 6) is 1.68. The SMILES string of the molecule is CCNCCC(=O)N(CC)CC1COc2ccccc2O1.